The molecule has 0 saturated carbocycles. The van der Waals surface area contributed by atoms with Crippen molar-refractivity contribution in [2.24, 2.45) is 5.92 Å². The number of para-hydroxylation sites is 1. The molecule has 0 radical (unpaired) electrons. The number of halogens is 1. The molecule has 3 rings (SSSR count). The summed E-state index contributed by atoms with van der Waals surface area (Å²) >= 11 is 0. The lowest BCUT2D eigenvalue weighted by Gasteiger charge is -2.37. The summed E-state index contributed by atoms with van der Waals surface area (Å²) in [5.41, 5.74) is 2.61. The molecule has 15 heavy (non-hydrogen) atoms. The van der Waals surface area contributed by atoms with E-state index >= 15 is 0 Å². The third kappa shape index (κ3) is 1.84. The van der Waals surface area contributed by atoms with Crippen molar-refractivity contribution in [1.82, 2.24) is 0 Å². The van der Waals surface area contributed by atoms with Crippen LogP contribution in [-0.4, -0.2) is 13.2 Å². The maximum absolute atomic E-state index is 5.87. The third-order valence-corrected chi connectivity index (χ3v) is 3.27. The molecule has 1 aromatic carbocycles. The van der Waals surface area contributed by atoms with Crippen LogP contribution in [0.25, 0.3) is 0 Å². The number of anilines is 1. The Morgan fingerprint density at radius 1 is 1.27 bits per heavy atom. The van der Waals surface area contributed by atoms with E-state index in [4.69, 9.17) is 4.74 Å². The maximum Gasteiger partial charge on any atom is 0.0889 e. The first-order valence-corrected chi connectivity index (χ1v) is 5.39. The Bertz CT molecular complexity index is 342. The third-order valence-electron chi connectivity index (χ3n) is 3.27. The minimum absolute atomic E-state index is 0. The van der Waals surface area contributed by atoms with Crippen LogP contribution in [0.1, 0.15) is 24.5 Å². The molecule has 1 aromatic rings. The monoisotopic (exact) mass is 225 g/mol. The van der Waals surface area contributed by atoms with Crippen LogP contribution in [0.2, 0.25) is 0 Å². The van der Waals surface area contributed by atoms with Crippen molar-refractivity contribution in [3.05, 3.63) is 29.8 Å². The lowest BCUT2D eigenvalue weighted by molar-refractivity contribution is -0.0262. The number of nitrogens with one attached hydrogen (secondary N) is 1. The largest absolute Gasteiger partial charge is 0.384 e. The second-order valence-electron chi connectivity index (χ2n) is 4.16. The Morgan fingerprint density at radius 2 is 2.13 bits per heavy atom. The molecule has 1 N–H and O–H groups in total. The molecule has 0 aliphatic carbocycles. The van der Waals surface area contributed by atoms with Crippen LogP contribution in [0, 0.1) is 5.92 Å². The smallest absolute Gasteiger partial charge is 0.0889 e. The highest BCUT2D eigenvalue weighted by atomic mass is 35.5. The van der Waals surface area contributed by atoms with E-state index in [1.165, 1.54) is 24.1 Å². The van der Waals surface area contributed by atoms with Crippen LogP contribution in [0.5, 0.6) is 0 Å². The number of hydrogen-bond acceptors (Lipinski definition) is 2. The van der Waals surface area contributed by atoms with E-state index in [-0.39, 0.29) is 12.4 Å². The van der Waals surface area contributed by atoms with Crippen molar-refractivity contribution in [2.75, 3.05) is 18.5 Å². The van der Waals surface area contributed by atoms with Crippen LogP contribution in [0.15, 0.2) is 24.3 Å². The lowest BCUT2D eigenvalue weighted by atomic mass is 9.86. The fourth-order valence-corrected chi connectivity index (χ4v) is 2.54. The number of benzene rings is 1. The molecule has 0 spiro atoms. The van der Waals surface area contributed by atoms with Gasteiger partial charge in [-0.15, -0.1) is 12.4 Å². The summed E-state index contributed by atoms with van der Waals surface area (Å²) in [5.74, 6) is 0.679. The molecule has 0 bridgehead atoms. The molecule has 1 fully saturated rings. The van der Waals surface area contributed by atoms with Gasteiger partial charge in [0.15, 0.2) is 0 Å². The van der Waals surface area contributed by atoms with Gasteiger partial charge in [0.25, 0.3) is 0 Å². The van der Waals surface area contributed by atoms with Gasteiger partial charge in [-0.2, -0.15) is 0 Å². The number of hydrogen-bond donors (Lipinski definition) is 1. The molecule has 2 aliphatic rings. The summed E-state index contributed by atoms with van der Waals surface area (Å²) in [6, 6.07) is 8.50. The highest BCUT2D eigenvalue weighted by Crippen LogP contribution is 2.40. The first kappa shape index (κ1) is 10.8. The van der Waals surface area contributed by atoms with Crippen LogP contribution in [0.3, 0.4) is 0 Å². The minimum atomic E-state index is 0. The van der Waals surface area contributed by atoms with Crippen molar-refractivity contribution in [1.29, 1.82) is 0 Å². The van der Waals surface area contributed by atoms with Gasteiger partial charge in [0.05, 0.1) is 6.10 Å². The number of rotatable bonds is 0. The number of ether oxygens (including phenoxy) is 1. The summed E-state index contributed by atoms with van der Waals surface area (Å²) < 4.78 is 5.87. The number of fused-ring (bicyclic) bond motifs is 3. The summed E-state index contributed by atoms with van der Waals surface area (Å²) in [6.45, 7) is 2.00. The van der Waals surface area contributed by atoms with Gasteiger partial charge in [-0.3, -0.25) is 0 Å². The SMILES string of the molecule is Cl.c1ccc2c(c1)NCC1CCCOC21. The normalized spacial score (nSPS) is 28.0. The van der Waals surface area contributed by atoms with E-state index in [0.717, 1.165) is 13.2 Å². The van der Waals surface area contributed by atoms with Crippen LogP contribution >= 0.6 is 12.4 Å². The van der Waals surface area contributed by atoms with Gasteiger partial charge in [-0.1, -0.05) is 18.2 Å². The molecular weight excluding hydrogens is 210 g/mol. The Balaban J connectivity index is 0.000000853. The lowest BCUT2D eigenvalue weighted by Crippen LogP contribution is -2.32. The Morgan fingerprint density at radius 3 is 3.07 bits per heavy atom. The van der Waals surface area contributed by atoms with Gasteiger partial charge < -0.3 is 10.1 Å². The highest BCUT2D eigenvalue weighted by Gasteiger charge is 2.31. The molecule has 0 amide bonds. The van der Waals surface area contributed by atoms with Crippen molar-refractivity contribution >= 4 is 18.1 Å². The van der Waals surface area contributed by atoms with E-state index in [2.05, 4.69) is 29.6 Å². The summed E-state index contributed by atoms with van der Waals surface area (Å²) in [5, 5.41) is 3.48. The van der Waals surface area contributed by atoms with Gasteiger partial charge in [-0.05, 0) is 18.9 Å². The van der Waals surface area contributed by atoms with Gasteiger partial charge in [0.1, 0.15) is 0 Å². The van der Waals surface area contributed by atoms with Crippen LogP contribution < -0.4 is 5.32 Å². The molecule has 2 heterocycles. The van der Waals surface area contributed by atoms with E-state index < -0.39 is 0 Å². The van der Waals surface area contributed by atoms with E-state index in [9.17, 15) is 0 Å². The highest BCUT2D eigenvalue weighted by molar-refractivity contribution is 5.85. The predicted molar refractivity (Wildman–Crippen MR) is 63.6 cm³/mol. The van der Waals surface area contributed by atoms with E-state index in [1.807, 2.05) is 0 Å². The first-order chi connectivity index (χ1) is 6.95. The van der Waals surface area contributed by atoms with Crippen molar-refractivity contribution in [2.45, 2.75) is 18.9 Å². The molecule has 2 unspecified atom stereocenters. The summed E-state index contributed by atoms with van der Waals surface area (Å²) in [6.07, 6.45) is 2.86. The van der Waals surface area contributed by atoms with Crippen LogP contribution in [0.4, 0.5) is 5.69 Å². The predicted octanol–water partition coefficient (Wildman–Crippen LogP) is 3.00. The van der Waals surface area contributed by atoms with E-state index in [1.54, 1.807) is 0 Å². The molecule has 0 aromatic heterocycles. The van der Waals surface area contributed by atoms with Crippen LogP contribution in [-0.2, 0) is 4.74 Å². The summed E-state index contributed by atoms with van der Waals surface area (Å²) in [4.78, 5) is 0. The molecule has 82 valence electrons. The average molecular weight is 226 g/mol. The van der Waals surface area contributed by atoms with Crippen molar-refractivity contribution < 1.29 is 4.74 Å². The van der Waals surface area contributed by atoms with Gasteiger partial charge in [0, 0.05) is 30.3 Å². The fourth-order valence-electron chi connectivity index (χ4n) is 2.54. The topological polar surface area (TPSA) is 21.3 Å². The Labute approximate surface area is 96.4 Å². The van der Waals surface area contributed by atoms with Gasteiger partial charge >= 0.3 is 0 Å². The zero-order valence-corrected chi connectivity index (χ0v) is 9.43. The van der Waals surface area contributed by atoms with E-state index in [0.29, 0.717) is 12.0 Å². The molecule has 2 nitrogen and oxygen atoms in total. The standard InChI is InChI=1S/C12H15NO.ClH/c1-2-6-11-10(5-1)12-9(8-13-11)4-3-7-14-12;/h1-2,5-6,9,12-13H,3-4,7-8H2;1H. The average Bonchev–Trinajstić information content (AvgIpc) is 2.29. The zero-order valence-electron chi connectivity index (χ0n) is 8.61. The molecule has 2 aliphatic heterocycles. The summed E-state index contributed by atoms with van der Waals surface area (Å²) in [7, 11) is 0. The van der Waals surface area contributed by atoms with Gasteiger partial charge in [0.2, 0.25) is 0 Å². The van der Waals surface area contributed by atoms with Crippen molar-refractivity contribution in [3.8, 4) is 0 Å². The molecule has 3 heteroatoms. The first-order valence-electron chi connectivity index (χ1n) is 5.39. The Hall–Kier alpha value is -0.730. The molecule has 2 atom stereocenters. The minimum Gasteiger partial charge on any atom is -0.384 e. The maximum atomic E-state index is 5.87. The Kier molecular flexibility index (Phi) is 3.17. The second-order valence-corrected chi connectivity index (χ2v) is 4.16. The van der Waals surface area contributed by atoms with Gasteiger partial charge in [-0.25, -0.2) is 0 Å². The second kappa shape index (κ2) is 4.42. The quantitative estimate of drug-likeness (QED) is 0.733. The fraction of sp³-hybridized carbons (Fsp3) is 0.500. The molecular formula is C12H16ClNO. The van der Waals surface area contributed by atoms with Crippen molar-refractivity contribution in [3.63, 3.8) is 0 Å². The molecule has 1 saturated heterocycles. The zero-order chi connectivity index (χ0) is 9.38.